The molecular weight excluding hydrogens is 270 g/mol. The Morgan fingerprint density at radius 2 is 2.11 bits per heavy atom. The Hall–Kier alpha value is -1.67. The van der Waals surface area contributed by atoms with E-state index >= 15 is 0 Å². The molecule has 1 saturated carbocycles. The van der Waals surface area contributed by atoms with Gasteiger partial charge >= 0.3 is 0 Å². The molecule has 0 spiro atoms. The van der Waals surface area contributed by atoms with Crippen molar-refractivity contribution >= 4 is 21.4 Å². The second kappa shape index (κ2) is 4.78. The number of anilines is 1. The number of rotatable bonds is 5. The lowest BCUT2D eigenvalue weighted by Gasteiger charge is -2.17. The first-order chi connectivity index (χ1) is 8.82. The van der Waals surface area contributed by atoms with Crippen molar-refractivity contribution in [2.24, 2.45) is 5.92 Å². The molecule has 8 heteroatoms. The van der Waals surface area contributed by atoms with Gasteiger partial charge in [0.05, 0.1) is 4.92 Å². The number of hydrogen-bond donors (Lipinski definition) is 1. The van der Waals surface area contributed by atoms with Crippen LogP contribution in [0.5, 0.6) is 0 Å². The van der Waals surface area contributed by atoms with Gasteiger partial charge in [-0.25, -0.2) is 12.7 Å². The normalized spacial score (nSPS) is 15.7. The zero-order valence-corrected chi connectivity index (χ0v) is 11.3. The van der Waals surface area contributed by atoms with Gasteiger partial charge < -0.3 is 5.73 Å². The van der Waals surface area contributed by atoms with E-state index in [1.165, 1.54) is 13.1 Å². The van der Waals surface area contributed by atoms with Crippen LogP contribution in [-0.4, -0.2) is 31.2 Å². The van der Waals surface area contributed by atoms with Crippen LogP contribution in [0.25, 0.3) is 0 Å². The topological polar surface area (TPSA) is 107 Å². The zero-order valence-electron chi connectivity index (χ0n) is 10.4. The van der Waals surface area contributed by atoms with Crippen molar-refractivity contribution in [2.45, 2.75) is 17.7 Å². The number of nitrogen functional groups attached to an aromatic ring is 1. The largest absolute Gasteiger partial charge is 0.399 e. The molecule has 104 valence electrons. The number of benzene rings is 1. The fourth-order valence-corrected chi connectivity index (χ4v) is 3.25. The van der Waals surface area contributed by atoms with E-state index in [-0.39, 0.29) is 10.6 Å². The van der Waals surface area contributed by atoms with E-state index in [9.17, 15) is 18.5 Å². The Morgan fingerprint density at radius 3 is 2.63 bits per heavy atom. The van der Waals surface area contributed by atoms with Crippen molar-refractivity contribution in [1.82, 2.24) is 4.31 Å². The number of hydrogen-bond acceptors (Lipinski definition) is 5. The molecule has 2 N–H and O–H groups in total. The first kappa shape index (κ1) is 13.8. The molecule has 0 unspecified atom stereocenters. The van der Waals surface area contributed by atoms with Gasteiger partial charge in [0.1, 0.15) is 0 Å². The molecule has 1 aromatic rings. The van der Waals surface area contributed by atoms with Crippen molar-refractivity contribution in [3.8, 4) is 0 Å². The Labute approximate surface area is 111 Å². The van der Waals surface area contributed by atoms with Gasteiger partial charge in [-0.3, -0.25) is 10.1 Å². The quantitative estimate of drug-likeness (QED) is 0.497. The standard InChI is InChI=1S/C11H15N3O4S/c1-13(7-8-2-3-8)19(17,18)11-6-9(12)4-5-10(11)14(15)16/h4-6,8H,2-3,7,12H2,1H3. The summed E-state index contributed by atoms with van der Waals surface area (Å²) in [6.45, 7) is 0.383. The molecule has 1 aliphatic rings. The van der Waals surface area contributed by atoms with E-state index in [0.29, 0.717) is 12.5 Å². The maximum atomic E-state index is 12.3. The summed E-state index contributed by atoms with van der Waals surface area (Å²) in [6, 6.07) is 3.57. The molecule has 0 aliphatic heterocycles. The minimum atomic E-state index is -3.88. The molecule has 19 heavy (non-hydrogen) atoms. The summed E-state index contributed by atoms with van der Waals surface area (Å²) in [5, 5.41) is 10.9. The van der Waals surface area contributed by atoms with Crippen molar-refractivity contribution in [3.63, 3.8) is 0 Å². The first-order valence-corrected chi connectivity index (χ1v) is 7.26. The van der Waals surface area contributed by atoms with Gasteiger partial charge in [0, 0.05) is 25.3 Å². The van der Waals surface area contributed by atoms with E-state index in [1.807, 2.05) is 0 Å². The highest BCUT2D eigenvalue weighted by Gasteiger charge is 2.33. The second-order valence-corrected chi connectivity index (χ2v) is 6.73. The molecule has 0 bridgehead atoms. The lowest BCUT2D eigenvalue weighted by Crippen LogP contribution is -2.29. The number of nitrogens with two attached hydrogens (primary N) is 1. The summed E-state index contributed by atoms with van der Waals surface area (Å²) in [5.41, 5.74) is 5.27. The molecular formula is C11H15N3O4S. The molecule has 0 aromatic heterocycles. The maximum absolute atomic E-state index is 12.3. The molecule has 0 radical (unpaired) electrons. The summed E-state index contributed by atoms with van der Waals surface area (Å²) < 4.78 is 25.8. The van der Waals surface area contributed by atoms with Crippen molar-refractivity contribution in [1.29, 1.82) is 0 Å². The second-order valence-electron chi connectivity index (χ2n) is 4.71. The lowest BCUT2D eigenvalue weighted by molar-refractivity contribution is -0.387. The minimum Gasteiger partial charge on any atom is -0.399 e. The zero-order chi connectivity index (χ0) is 14.2. The average molecular weight is 285 g/mol. The predicted molar refractivity (Wildman–Crippen MR) is 70.0 cm³/mol. The predicted octanol–water partition coefficient (Wildman–Crippen LogP) is 1.21. The highest BCUT2D eigenvalue weighted by molar-refractivity contribution is 7.89. The van der Waals surface area contributed by atoms with Crippen LogP contribution in [0.2, 0.25) is 0 Å². The van der Waals surface area contributed by atoms with E-state index in [1.54, 1.807) is 0 Å². The van der Waals surface area contributed by atoms with Crippen LogP contribution in [0.1, 0.15) is 12.8 Å². The van der Waals surface area contributed by atoms with Crippen molar-refractivity contribution in [2.75, 3.05) is 19.3 Å². The molecule has 0 saturated heterocycles. The lowest BCUT2D eigenvalue weighted by atomic mass is 10.3. The Kier molecular flexibility index (Phi) is 3.46. The van der Waals surface area contributed by atoms with E-state index in [0.717, 1.165) is 29.3 Å². The SMILES string of the molecule is CN(CC1CC1)S(=O)(=O)c1cc(N)ccc1[N+](=O)[O-]. The smallest absolute Gasteiger partial charge is 0.289 e. The molecule has 1 fully saturated rings. The molecule has 0 heterocycles. The van der Waals surface area contributed by atoms with Gasteiger partial charge in [0.2, 0.25) is 10.0 Å². The third kappa shape index (κ3) is 2.85. The van der Waals surface area contributed by atoms with Gasteiger partial charge in [-0.1, -0.05) is 0 Å². The van der Waals surface area contributed by atoms with Gasteiger partial charge in [-0.2, -0.15) is 0 Å². The fourth-order valence-electron chi connectivity index (χ4n) is 1.82. The average Bonchev–Trinajstić information content (AvgIpc) is 3.12. The molecule has 1 aliphatic carbocycles. The summed E-state index contributed by atoms with van der Waals surface area (Å²) in [5.74, 6) is 0.361. The van der Waals surface area contributed by atoms with Crippen LogP contribution in [0.3, 0.4) is 0 Å². The first-order valence-electron chi connectivity index (χ1n) is 5.82. The third-order valence-electron chi connectivity index (χ3n) is 3.08. The Morgan fingerprint density at radius 1 is 1.47 bits per heavy atom. The molecule has 7 nitrogen and oxygen atoms in total. The third-order valence-corrected chi connectivity index (χ3v) is 4.93. The van der Waals surface area contributed by atoms with Crippen molar-refractivity contribution < 1.29 is 13.3 Å². The van der Waals surface area contributed by atoms with E-state index in [4.69, 9.17) is 5.73 Å². The van der Waals surface area contributed by atoms with Crippen LogP contribution >= 0.6 is 0 Å². The number of nitro groups is 1. The number of sulfonamides is 1. The van der Waals surface area contributed by atoms with Crippen LogP contribution in [0, 0.1) is 16.0 Å². The van der Waals surface area contributed by atoms with Gasteiger partial charge in [0.15, 0.2) is 4.90 Å². The van der Waals surface area contributed by atoms with Gasteiger partial charge in [0.25, 0.3) is 5.69 Å². The van der Waals surface area contributed by atoms with Crippen molar-refractivity contribution in [3.05, 3.63) is 28.3 Å². The van der Waals surface area contributed by atoms with Crippen LogP contribution < -0.4 is 5.73 Å². The molecule has 0 amide bonds. The van der Waals surface area contributed by atoms with E-state index < -0.39 is 20.6 Å². The summed E-state index contributed by atoms with van der Waals surface area (Å²) in [6.07, 6.45) is 2.00. The van der Waals surface area contributed by atoms with Crippen LogP contribution in [-0.2, 0) is 10.0 Å². The molecule has 2 rings (SSSR count). The Balaban J connectivity index is 2.43. The maximum Gasteiger partial charge on any atom is 0.289 e. The number of nitrogens with zero attached hydrogens (tertiary/aromatic N) is 2. The van der Waals surface area contributed by atoms with Crippen LogP contribution in [0.4, 0.5) is 11.4 Å². The Bertz CT molecular complexity index is 610. The summed E-state index contributed by atoms with van der Waals surface area (Å²) in [7, 11) is -2.45. The highest BCUT2D eigenvalue weighted by atomic mass is 32.2. The minimum absolute atomic E-state index is 0.184. The van der Waals surface area contributed by atoms with E-state index in [2.05, 4.69) is 0 Å². The van der Waals surface area contributed by atoms with Crippen LogP contribution in [0.15, 0.2) is 23.1 Å². The molecule has 1 aromatic carbocycles. The van der Waals surface area contributed by atoms with Gasteiger partial charge in [-0.15, -0.1) is 0 Å². The summed E-state index contributed by atoms with van der Waals surface area (Å²) in [4.78, 5) is 9.86. The number of nitro benzene ring substituents is 1. The fraction of sp³-hybridized carbons (Fsp3) is 0.455. The monoisotopic (exact) mass is 285 g/mol. The summed E-state index contributed by atoms with van der Waals surface area (Å²) >= 11 is 0. The highest BCUT2D eigenvalue weighted by Crippen LogP contribution is 2.33. The van der Waals surface area contributed by atoms with Gasteiger partial charge in [-0.05, 0) is 30.9 Å². The molecule has 0 atom stereocenters.